The fourth-order valence-corrected chi connectivity index (χ4v) is 3.52. The van der Waals surface area contributed by atoms with Gasteiger partial charge >= 0.3 is 0 Å². The van der Waals surface area contributed by atoms with Gasteiger partial charge in [0, 0.05) is 18.6 Å². The molecule has 2 aliphatic rings. The Labute approximate surface area is 113 Å². The van der Waals surface area contributed by atoms with Crippen LogP contribution in [0.2, 0.25) is 5.02 Å². The molecule has 0 aromatic heterocycles. The van der Waals surface area contributed by atoms with Crippen LogP contribution >= 0.6 is 11.6 Å². The van der Waals surface area contributed by atoms with Crippen LogP contribution < -0.4 is 5.32 Å². The predicted molar refractivity (Wildman–Crippen MR) is 75.2 cm³/mol. The van der Waals surface area contributed by atoms with Crippen molar-refractivity contribution >= 4 is 17.3 Å². The number of aliphatic hydroxyl groups is 1. The Bertz CT molecular complexity index is 472. The molecule has 0 fully saturated rings. The first-order valence-electron chi connectivity index (χ1n) is 6.63. The fourth-order valence-electron chi connectivity index (χ4n) is 3.28. The number of halogens is 1. The Kier molecular flexibility index (Phi) is 3.31. The molecule has 0 unspecified atom stereocenters. The molecule has 0 saturated heterocycles. The predicted octanol–water partition coefficient (Wildman–Crippen LogP) is 3.57. The molecule has 2 N–H and O–H groups in total. The lowest BCUT2D eigenvalue weighted by Crippen LogP contribution is -2.36. The fraction of sp³-hybridized carbons (Fsp3) is 0.467. The van der Waals surface area contributed by atoms with Crippen molar-refractivity contribution in [3.8, 4) is 0 Å². The van der Waals surface area contributed by atoms with Crippen LogP contribution in [0.15, 0.2) is 30.4 Å². The van der Waals surface area contributed by atoms with Gasteiger partial charge in [0.25, 0.3) is 0 Å². The van der Waals surface area contributed by atoms with Crippen LogP contribution in [0.5, 0.6) is 0 Å². The summed E-state index contributed by atoms with van der Waals surface area (Å²) in [7, 11) is 0. The minimum absolute atomic E-state index is 0.262. The second-order valence-corrected chi connectivity index (χ2v) is 5.58. The monoisotopic (exact) mass is 263 g/mol. The van der Waals surface area contributed by atoms with Crippen LogP contribution in [0.4, 0.5) is 5.69 Å². The number of hydrogen-bond acceptors (Lipinski definition) is 2. The van der Waals surface area contributed by atoms with E-state index in [0.29, 0.717) is 17.9 Å². The highest BCUT2D eigenvalue weighted by Gasteiger charge is 2.37. The third-order valence-electron chi connectivity index (χ3n) is 4.14. The Balaban J connectivity index is 1.94. The molecule has 1 aliphatic heterocycles. The Hall–Kier alpha value is -0.990. The van der Waals surface area contributed by atoms with Crippen LogP contribution in [-0.4, -0.2) is 17.8 Å². The van der Waals surface area contributed by atoms with Gasteiger partial charge in [-0.25, -0.2) is 0 Å². The molecule has 1 aliphatic carbocycles. The van der Waals surface area contributed by atoms with Crippen molar-refractivity contribution < 1.29 is 5.11 Å². The lowest BCUT2D eigenvalue weighted by atomic mass is 9.78. The molecule has 0 bridgehead atoms. The van der Waals surface area contributed by atoms with Crippen LogP contribution in [0.25, 0.3) is 0 Å². The molecule has 3 heteroatoms. The van der Waals surface area contributed by atoms with Crippen LogP contribution in [-0.2, 0) is 0 Å². The van der Waals surface area contributed by atoms with E-state index in [4.69, 9.17) is 16.7 Å². The van der Waals surface area contributed by atoms with E-state index in [-0.39, 0.29) is 6.61 Å². The summed E-state index contributed by atoms with van der Waals surface area (Å²) in [5, 5.41) is 13.4. The maximum atomic E-state index is 9.02. The standard InChI is InChI=1S/C15H18ClNO/c16-13-7-2-6-12-10-4-1-5-11(10)14(8-3-9-18)17-15(12)13/h1-2,4,6-7,10-11,14,17-18H,3,5,8-9H2/t10-,11+,14+/m0/s1. The number of benzene rings is 1. The molecule has 2 nitrogen and oxygen atoms in total. The molecule has 0 amide bonds. The molecule has 1 heterocycles. The summed E-state index contributed by atoms with van der Waals surface area (Å²) in [6.07, 6.45) is 7.57. The lowest BCUT2D eigenvalue weighted by molar-refractivity contribution is 0.270. The number of para-hydroxylation sites is 1. The van der Waals surface area contributed by atoms with Gasteiger partial charge in [0.15, 0.2) is 0 Å². The number of hydrogen-bond donors (Lipinski definition) is 2. The Morgan fingerprint density at radius 3 is 3.11 bits per heavy atom. The Morgan fingerprint density at radius 2 is 2.28 bits per heavy atom. The lowest BCUT2D eigenvalue weighted by Gasteiger charge is -2.37. The highest BCUT2D eigenvalue weighted by molar-refractivity contribution is 6.33. The van der Waals surface area contributed by atoms with Gasteiger partial charge < -0.3 is 10.4 Å². The van der Waals surface area contributed by atoms with Gasteiger partial charge in [-0.05, 0) is 36.8 Å². The SMILES string of the molecule is OCCC[C@H]1Nc2c(Cl)cccc2[C@H]2C=CC[C@H]21. The number of aliphatic hydroxyl groups excluding tert-OH is 1. The number of allylic oxidation sites excluding steroid dienone is 2. The van der Waals surface area contributed by atoms with E-state index in [9.17, 15) is 0 Å². The number of rotatable bonds is 3. The summed E-state index contributed by atoms with van der Waals surface area (Å²) in [5.41, 5.74) is 2.41. The first-order valence-corrected chi connectivity index (χ1v) is 7.01. The van der Waals surface area contributed by atoms with E-state index in [1.807, 2.05) is 12.1 Å². The van der Waals surface area contributed by atoms with E-state index in [2.05, 4.69) is 23.5 Å². The Morgan fingerprint density at radius 1 is 1.39 bits per heavy atom. The molecule has 0 radical (unpaired) electrons. The molecule has 18 heavy (non-hydrogen) atoms. The molecule has 3 rings (SSSR count). The first kappa shape index (κ1) is 12.1. The molecule has 0 spiro atoms. The summed E-state index contributed by atoms with van der Waals surface area (Å²) < 4.78 is 0. The van der Waals surface area contributed by atoms with Crippen molar-refractivity contribution in [1.29, 1.82) is 0 Å². The number of nitrogens with one attached hydrogen (secondary N) is 1. The van der Waals surface area contributed by atoms with E-state index in [1.165, 1.54) is 5.56 Å². The van der Waals surface area contributed by atoms with Gasteiger partial charge in [-0.3, -0.25) is 0 Å². The summed E-state index contributed by atoms with van der Waals surface area (Å²) in [6, 6.07) is 6.56. The third kappa shape index (κ3) is 1.94. The highest BCUT2D eigenvalue weighted by atomic mass is 35.5. The van der Waals surface area contributed by atoms with Crippen LogP contribution in [0, 0.1) is 5.92 Å². The first-order chi connectivity index (χ1) is 8.81. The molecular weight excluding hydrogens is 246 g/mol. The second kappa shape index (κ2) is 4.94. The summed E-state index contributed by atoms with van der Waals surface area (Å²) in [5.74, 6) is 1.10. The number of anilines is 1. The van der Waals surface area contributed by atoms with E-state index in [1.54, 1.807) is 0 Å². The number of fused-ring (bicyclic) bond motifs is 3. The van der Waals surface area contributed by atoms with Gasteiger partial charge in [0.05, 0.1) is 10.7 Å². The van der Waals surface area contributed by atoms with E-state index < -0.39 is 0 Å². The average molecular weight is 264 g/mol. The van der Waals surface area contributed by atoms with Crippen LogP contribution in [0.3, 0.4) is 0 Å². The molecule has 96 valence electrons. The zero-order valence-electron chi connectivity index (χ0n) is 10.3. The largest absolute Gasteiger partial charge is 0.396 e. The second-order valence-electron chi connectivity index (χ2n) is 5.17. The maximum Gasteiger partial charge on any atom is 0.0640 e. The van der Waals surface area contributed by atoms with E-state index >= 15 is 0 Å². The minimum atomic E-state index is 0.262. The average Bonchev–Trinajstić information content (AvgIpc) is 2.86. The topological polar surface area (TPSA) is 32.3 Å². The van der Waals surface area contributed by atoms with Crippen molar-refractivity contribution in [1.82, 2.24) is 0 Å². The van der Waals surface area contributed by atoms with Crippen molar-refractivity contribution in [3.63, 3.8) is 0 Å². The quantitative estimate of drug-likeness (QED) is 0.818. The van der Waals surface area contributed by atoms with Crippen molar-refractivity contribution in [2.45, 2.75) is 31.2 Å². The summed E-state index contributed by atoms with van der Waals surface area (Å²) in [6.45, 7) is 0.262. The smallest absolute Gasteiger partial charge is 0.0640 e. The normalized spacial score (nSPS) is 28.7. The van der Waals surface area contributed by atoms with Gasteiger partial charge in [-0.2, -0.15) is 0 Å². The van der Waals surface area contributed by atoms with Crippen molar-refractivity contribution in [3.05, 3.63) is 40.9 Å². The molecule has 0 saturated carbocycles. The molecule has 1 aromatic rings. The highest BCUT2D eigenvalue weighted by Crippen LogP contribution is 2.47. The maximum absolute atomic E-state index is 9.02. The summed E-state index contributed by atoms with van der Waals surface area (Å²) in [4.78, 5) is 0. The minimum Gasteiger partial charge on any atom is -0.396 e. The summed E-state index contributed by atoms with van der Waals surface area (Å²) >= 11 is 6.30. The molecule has 3 atom stereocenters. The third-order valence-corrected chi connectivity index (χ3v) is 4.45. The van der Waals surface area contributed by atoms with Crippen molar-refractivity contribution in [2.75, 3.05) is 11.9 Å². The van der Waals surface area contributed by atoms with Gasteiger partial charge in [-0.15, -0.1) is 0 Å². The van der Waals surface area contributed by atoms with E-state index in [0.717, 1.165) is 30.0 Å². The molecule has 1 aromatic carbocycles. The zero-order valence-corrected chi connectivity index (χ0v) is 11.0. The van der Waals surface area contributed by atoms with Gasteiger partial charge in [-0.1, -0.05) is 35.9 Å². The van der Waals surface area contributed by atoms with Crippen LogP contribution in [0.1, 0.15) is 30.7 Å². The van der Waals surface area contributed by atoms with Crippen molar-refractivity contribution in [2.24, 2.45) is 5.92 Å². The zero-order chi connectivity index (χ0) is 12.5. The van der Waals surface area contributed by atoms with Gasteiger partial charge in [0.1, 0.15) is 0 Å². The molecular formula is C15H18ClNO. The van der Waals surface area contributed by atoms with Gasteiger partial charge in [0.2, 0.25) is 0 Å².